The van der Waals surface area contributed by atoms with Gasteiger partial charge >= 0.3 is 0 Å². The van der Waals surface area contributed by atoms with Crippen molar-refractivity contribution in [3.8, 4) is 0 Å². The molecular formula is C11H17OSi. The van der Waals surface area contributed by atoms with Gasteiger partial charge in [0, 0.05) is 0 Å². The molecule has 0 aliphatic heterocycles. The van der Waals surface area contributed by atoms with Gasteiger partial charge in [-0.15, -0.1) is 0 Å². The molecule has 1 aromatic rings. The Morgan fingerprint density at radius 3 is 2.46 bits per heavy atom. The van der Waals surface area contributed by atoms with Gasteiger partial charge in [-0.05, 0) is 22.7 Å². The van der Waals surface area contributed by atoms with Crippen molar-refractivity contribution in [1.29, 1.82) is 0 Å². The quantitative estimate of drug-likeness (QED) is 0.726. The van der Waals surface area contributed by atoms with E-state index in [9.17, 15) is 4.80 Å². The molecule has 1 nitrogen and oxygen atoms in total. The van der Waals surface area contributed by atoms with Crippen LogP contribution in [0.4, 0.5) is 0 Å². The molecule has 0 saturated heterocycles. The van der Waals surface area contributed by atoms with Crippen molar-refractivity contribution >= 4 is 14.2 Å². The van der Waals surface area contributed by atoms with Crippen molar-refractivity contribution in [2.45, 2.75) is 32.7 Å². The lowest BCUT2D eigenvalue weighted by atomic mass is 10.2. The Kier molecular flexibility index (Phi) is 3.69. The number of benzene rings is 1. The lowest BCUT2D eigenvalue weighted by Gasteiger charge is -2.14. The predicted octanol–water partition coefficient (Wildman–Crippen LogP) is 1.85. The van der Waals surface area contributed by atoms with Crippen LogP contribution in [0.5, 0.6) is 0 Å². The maximum Gasteiger partial charge on any atom is 0.246 e. The number of rotatable bonds is 3. The summed E-state index contributed by atoms with van der Waals surface area (Å²) < 4.78 is 0. The lowest BCUT2D eigenvalue weighted by Crippen LogP contribution is -2.35. The molecule has 0 aliphatic carbocycles. The largest absolute Gasteiger partial charge is 0.427 e. The minimum Gasteiger partial charge on any atom is -0.427 e. The zero-order valence-electron chi connectivity index (χ0n) is 8.54. The second-order valence-corrected chi connectivity index (χ2v) is 6.01. The molecule has 0 aliphatic rings. The highest BCUT2D eigenvalue weighted by atomic mass is 28.3. The molecule has 0 fully saturated rings. The minimum atomic E-state index is -1.33. The van der Waals surface area contributed by atoms with Crippen LogP contribution in [0.15, 0.2) is 24.3 Å². The summed E-state index contributed by atoms with van der Waals surface area (Å²) in [5.41, 5.74) is 1.69. The second kappa shape index (κ2) is 4.58. The summed E-state index contributed by atoms with van der Waals surface area (Å²) in [6, 6.07) is 8.22. The third-order valence-electron chi connectivity index (χ3n) is 2.22. The van der Waals surface area contributed by atoms with Gasteiger partial charge in [0.15, 0.2) is 0 Å². The summed E-state index contributed by atoms with van der Waals surface area (Å²) in [7, 11) is -1.33. The van der Waals surface area contributed by atoms with E-state index in [1.165, 1.54) is 10.8 Å². The van der Waals surface area contributed by atoms with Crippen molar-refractivity contribution in [2.24, 2.45) is 0 Å². The van der Waals surface area contributed by atoms with E-state index in [0.717, 1.165) is 6.42 Å². The Morgan fingerprint density at radius 1 is 1.31 bits per heavy atom. The van der Waals surface area contributed by atoms with E-state index < -0.39 is 9.04 Å². The molecule has 0 aromatic heterocycles. The van der Waals surface area contributed by atoms with Crippen LogP contribution in [0.1, 0.15) is 26.3 Å². The van der Waals surface area contributed by atoms with E-state index in [1.807, 2.05) is 12.1 Å². The van der Waals surface area contributed by atoms with Crippen molar-refractivity contribution in [1.82, 2.24) is 0 Å². The summed E-state index contributed by atoms with van der Waals surface area (Å²) in [4.78, 5) is 10.0. The molecule has 13 heavy (non-hydrogen) atoms. The molecule has 1 radical (unpaired) electrons. The summed E-state index contributed by atoms with van der Waals surface area (Å²) >= 11 is 0. The molecule has 0 spiro atoms. The molecule has 2 heteroatoms. The fraction of sp³-hybridized carbons (Fsp3) is 0.455. The molecule has 1 N–H and O–H groups in total. The van der Waals surface area contributed by atoms with Gasteiger partial charge in [0.2, 0.25) is 9.04 Å². The Morgan fingerprint density at radius 2 is 1.92 bits per heavy atom. The zero-order valence-corrected chi connectivity index (χ0v) is 9.54. The Labute approximate surface area is 82.2 Å². The topological polar surface area (TPSA) is 20.2 Å². The summed E-state index contributed by atoms with van der Waals surface area (Å²) in [6.45, 7) is 6.30. The van der Waals surface area contributed by atoms with Crippen LogP contribution in [0.3, 0.4) is 0 Å². The van der Waals surface area contributed by atoms with E-state index in [1.54, 1.807) is 0 Å². The molecule has 0 amide bonds. The maximum absolute atomic E-state index is 10.0. The van der Waals surface area contributed by atoms with Crippen LogP contribution < -0.4 is 5.19 Å². The Hall–Kier alpha value is -0.603. The van der Waals surface area contributed by atoms with Crippen molar-refractivity contribution < 1.29 is 4.80 Å². The smallest absolute Gasteiger partial charge is 0.246 e. The molecule has 0 atom stereocenters. The van der Waals surface area contributed by atoms with Gasteiger partial charge < -0.3 is 4.80 Å². The summed E-state index contributed by atoms with van der Waals surface area (Å²) in [6.07, 6.45) is 1.01. The summed E-state index contributed by atoms with van der Waals surface area (Å²) in [5, 5.41) is 1.19. The fourth-order valence-corrected chi connectivity index (χ4v) is 2.87. The van der Waals surface area contributed by atoms with Crippen LogP contribution in [0.25, 0.3) is 0 Å². The standard InChI is InChI=1S/C11H17OSi/c1-4-10-7-5-6-8-11(10)13(12)9(2)3/h5-9,12H,4H2,1-3H3. The number of hydrogen-bond donors (Lipinski definition) is 1. The van der Waals surface area contributed by atoms with Gasteiger partial charge in [0.05, 0.1) is 0 Å². The van der Waals surface area contributed by atoms with Gasteiger partial charge in [0.25, 0.3) is 0 Å². The molecule has 0 saturated carbocycles. The van der Waals surface area contributed by atoms with E-state index in [2.05, 4.69) is 32.9 Å². The van der Waals surface area contributed by atoms with Gasteiger partial charge in [-0.2, -0.15) is 0 Å². The van der Waals surface area contributed by atoms with Crippen molar-refractivity contribution in [3.05, 3.63) is 29.8 Å². The molecule has 0 unspecified atom stereocenters. The van der Waals surface area contributed by atoms with Crippen LogP contribution in [-0.4, -0.2) is 13.8 Å². The molecule has 71 valence electrons. The highest BCUT2D eigenvalue weighted by Gasteiger charge is 2.18. The highest BCUT2D eigenvalue weighted by Crippen LogP contribution is 2.08. The van der Waals surface area contributed by atoms with E-state index >= 15 is 0 Å². The van der Waals surface area contributed by atoms with Crippen LogP contribution in [-0.2, 0) is 6.42 Å². The number of hydrogen-bond acceptors (Lipinski definition) is 1. The average Bonchev–Trinajstić information content (AvgIpc) is 2.16. The normalized spacial score (nSPS) is 11.2. The second-order valence-electron chi connectivity index (χ2n) is 3.55. The van der Waals surface area contributed by atoms with E-state index in [-0.39, 0.29) is 0 Å². The minimum absolute atomic E-state index is 0.387. The van der Waals surface area contributed by atoms with Gasteiger partial charge in [0.1, 0.15) is 0 Å². The molecule has 0 bridgehead atoms. The van der Waals surface area contributed by atoms with Gasteiger partial charge in [-0.3, -0.25) is 0 Å². The third kappa shape index (κ3) is 2.42. The lowest BCUT2D eigenvalue weighted by molar-refractivity contribution is 0.569. The zero-order chi connectivity index (χ0) is 9.84. The maximum atomic E-state index is 10.0. The first kappa shape index (κ1) is 10.5. The first-order valence-corrected chi connectivity index (χ1v) is 6.33. The first-order valence-electron chi connectivity index (χ1n) is 4.80. The number of aryl methyl sites for hydroxylation is 1. The van der Waals surface area contributed by atoms with Crippen molar-refractivity contribution in [2.75, 3.05) is 0 Å². The Bertz CT molecular complexity index is 271. The van der Waals surface area contributed by atoms with E-state index in [0.29, 0.717) is 5.54 Å². The van der Waals surface area contributed by atoms with E-state index in [4.69, 9.17) is 0 Å². The van der Waals surface area contributed by atoms with Crippen LogP contribution >= 0.6 is 0 Å². The van der Waals surface area contributed by atoms with Gasteiger partial charge in [-0.25, -0.2) is 0 Å². The Balaban J connectivity index is 2.98. The SMILES string of the molecule is CCc1ccccc1[Si](O)C(C)C. The highest BCUT2D eigenvalue weighted by molar-refractivity contribution is 6.67. The third-order valence-corrected chi connectivity index (χ3v) is 4.35. The average molecular weight is 193 g/mol. The monoisotopic (exact) mass is 193 g/mol. The molecular weight excluding hydrogens is 176 g/mol. The summed E-state index contributed by atoms with van der Waals surface area (Å²) in [5.74, 6) is 0. The first-order chi connectivity index (χ1) is 6.16. The molecule has 0 heterocycles. The van der Waals surface area contributed by atoms with Crippen LogP contribution in [0.2, 0.25) is 5.54 Å². The predicted molar refractivity (Wildman–Crippen MR) is 58.5 cm³/mol. The van der Waals surface area contributed by atoms with Crippen molar-refractivity contribution in [3.63, 3.8) is 0 Å². The van der Waals surface area contributed by atoms with Crippen LogP contribution in [0, 0.1) is 0 Å². The van der Waals surface area contributed by atoms with Gasteiger partial charge in [-0.1, -0.05) is 45.0 Å². The molecule has 1 aromatic carbocycles. The molecule has 1 rings (SSSR count). The fourth-order valence-electron chi connectivity index (χ4n) is 1.39.